The largest absolute Gasteiger partial charge is 0.478 e. The van der Waals surface area contributed by atoms with Crippen LogP contribution in [0.3, 0.4) is 0 Å². The van der Waals surface area contributed by atoms with Crippen LogP contribution >= 0.6 is 0 Å². The molecule has 0 aliphatic heterocycles. The van der Waals surface area contributed by atoms with Gasteiger partial charge in [0.15, 0.2) is 0 Å². The molecule has 0 aliphatic rings. The standard InChI is InChI=1S/C16H13N3O3/c20-11-19(10-12-1-3-13(4-2-12)16(21)22)14-5-7-18-8-6-17-15(18)9-14/h1-9,11H,10H2,(H,21,22). The Balaban J connectivity index is 1.84. The zero-order chi connectivity index (χ0) is 15.5. The van der Waals surface area contributed by atoms with Gasteiger partial charge in [0, 0.05) is 30.3 Å². The minimum Gasteiger partial charge on any atom is -0.478 e. The van der Waals surface area contributed by atoms with Crippen molar-refractivity contribution in [2.75, 3.05) is 4.90 Å². The van der Waals surface area contributed by atoms with Crippen LogP contribution in [0.2, 0.25) is 0 Å². The van der Waals surface area contributed by atoms with Gasteiger partial charge in [-0.25, -0.2) is 9.78 Å². The normalized spacial score (nSPS) is 10.5. The van der Waals surface area contributed by atoms with Gasteiger partial charge in [-0.1, -0.05) is 12.1 Å². The van der Waals surface area contributed by atoms with Crippen LogP contribution in [0.1, 0.15) is 15.9 Å². The molecule has 0 fully saturated rings. The fourth-order valence-corrected chi connectivity index (χ4v) is 2.22. The number of anilines is 1. The minimum absolute atomic E-state index is 0.222. The summed E-state index contributed by atoms with van der Waals surface area (Å²) in [5.41, 5.74) is 2.56. The van der Waals surface area contributed by atoms with Crippen molar-refractivity contribution >= 4 is 23.7 Å². The Morgan fingerprint density at radius 2 is 2.00 bits per heavy atom. The zero-order valence-corrected chi connectivity index (χ0v) is 11.6. The summed E-state index contributed by atoms with van der Waals surface area (Å²) >= 11 is 0. The van der Waals surface area contributed by atoms with Crippen LogP contribution in [-0.2, 0) is 11.3 Å². The van der Waals surface area contributed by atoms with E-state index in [0.29, 0.717) is 6.54 Å². The Kier molecular flexibility index (Phi) is 3.57. The van der Waals surface area contributed by atoms with Crippen LogP contribution in [0.15, 0.2) is 55.0 Å². The highest BCUT2D eigenvalue weighted by Crippen LogP contribution is 2.18. The third kappa shape index (κ3) is 2.67. The predicted molar refractivity (Wildman–Crippen MR) is 80.8 cm³/mol. The van der Waals surface area contributed by atoms with E-state index < -0.39 is 5.97 Å². The van der Waals surface area contributed by atoms with E-state index >= 15 is 0 Å². The van der Waals surface area contributed by atoms with Gasteiger partial charge in [0.2, 0.25) is 6.41 Å². The lowest BCUT2D eigenvalue weighted by Gasteiger charge is -2.17. The Morgan fingerprint density at radius 1 is 1.23 bits per heavy atom. The van der Waals surface area contributed by atoms with E-state index in [4.69, 9.17) is 5.11 Å². The van der Waals surface area contributed by atoms with Crippen LogP contribution in [0.25, 0.3) is 5.65 Å². The topological polar surface area (TPSA) is 74.9 Å². The summed E-state index contributed by atoms with van der Waals surface area (Å²) in [6, 6.07) is 10.1. The van der Waals surface area contributed by atoms with Gasteiger partial charge in [-0.3, -0.25) is 4.79 Å². The maximum atomic E-state index is 11.4. The second-order valence-electron chi connectivity index (χ2n) is 4.81. The van der Waals surface area contributed by atoms with E-state index in [1.54, 1.807) is 23.2 Å². The molecule has 0 spiro atoms. The number of rotatable bonds is 5. The van der Waals surface area contributed by atoms with Gasteiger partial charge in [-0.05, 0) is 23.8 Å². The van der Waals surface area contributed by atoms with E-state index in [1.807, 2.05) is 28.9 Å². The van der Waals surface area contributed by atoms with Gasteiger partial charge < -0.3 is 14.4 Å². The van der Waals surface area contributed by atoms with Crippen LogP contribution in [0, 0.1) is 0 Å². The molecule has 0 saturated carbocycles. The predicted octanol–water partition coefficient (Wildman–Crippen LogP) is 2.20. The average molecular weight is 295 g/mol. The number of imidazole rings is 1. The third-order valence-corrected chi connectivity index (χ3v) is 3.39. The molecular weight excluding hydrogens is 282 g/mol. The SMILES string of the molecule is O=CN(Cc1ccc(C(=O)O)cc1)c1ccn2ccnc2c1. The number of fused-ring (bicyclic) bond motifs is 1. The molecule has 22 heavy (non-hydrogen) atoms. The third-order valence-electron chi connectivity index (χ3n) is 3.39. The first kappa shape index (κ1) is 13.8. The second kappa shape index (κ2) is 5.69. The van der Waals surface area contributed by atoms with Crippen LogP contribution in [-0.4, -0.2) is 26.9 Å². The summed E-state index contributed by atoms with van der Waals surface area (Å²) in [4.78, 5) is 27.9. The van der Waals surface area contributed by atoms with Crippen molar-refractivity contribution in [1.82, 2.24) is 9.38 Å². The highest BCUT2D eigenvalue weighted by atomic mass is 16.4. The molecule has 3 rings (SSSR count). The van der Waals surface area contributed by atoms with Gasteiger partial charge in [-0.2, -0.15) is 0 Å². The molecule has 0 saturated heterocycles. The summed E-state index contributed by atoms with van der Waals surface area (Å²) < 4.78 is 1.86. The molecule has 2 aromatic heterocycles. The first-order valence-electron chi connectivity index (χ1n) is 6.64. The number of benzene rings is 1. The molecule has 0 atom stereocenters. The van der Waals surface area contributed by atoms with Gasteiger partial charge >= 0.3 is 5.97 Å². The fourth-order valence-electron chi connectivity index (χ4n) is 2.22. The molecule has 3 aromatic rings. The molecule has 0 unspecified atom stereocenters. The number of hydrogen-bond donors (Lipinski definition) is 1. The smallest absolute Gasteiger partial charge is 0.335 e. The summed E-state index contributed by atoms with van der Waals surface area (Å²) in [5.74, 6) is -0.969. The van der Waals surface area contributed by atoms with E-state index in [9.17, 15) is 9.59 Å². The zero-order valence-electron chi connectivity index (χ0n) is 11.6. The van der Waals surface area contributed by atoms with Crippen LogP contribution in [0.5, 0.6) is 0 Å². The lowest BCUT2D eigenvalue weighted by atomic mass is 10.1. The van der Waals surface area contributed by atoms with Crippen molar-refractivity contribution in [1.29, 1.82) is 0 Å². The van der Waals surface area contributed by atoms with Crippen molar-refractivity contribution in [3.8, 4) is 0 Å². The highest BCUT2D eigenvalue weighted by Gasteiger charge is 2.09. The number of nitrogens with zero attached hydrogens (tertiary/aromatic N) is 3. The Labute approximate surface area is 126 Å². The quantitative estimate of drug-likeness (QED) is 0.732. The number of amides is 1. The van der Waals surface area contributed by atoms with Crippen LogP contribution in [0.4, 0.5) is 5.69 Å². The fraction of sp³-hybridized carbons (Fsp3) is 0.0625. The summed E-state index contributed by atoms with van der Waals surface area (Å²) in [7, 11) is 0. The van der Waals surface area contributed by atoms with E-state index in [1.165, 1.54) is 12.1 Å². The number of pyridine rings is 1. The number of carboxylic acids is 1. The number of carbonyl (C=O) groups excluding carboxylic acids is 1. The van der Waals surface area contributed by atoms with Gasteiger partial charge in [-0.15, -0.1) is 0 Å². The van der Waals surface area contributed by atoms with E-state index in [0.717, 1.165) is 23.3 Å². The Bertz CT molecular complexity index is 824. The van der Waals surface area contributed by atoms with E-state index in [-0.39, 0.29) is 5.56 Å². The summed E-state index contributed by atoms with van der Waals surface area (Å²) in [5, 5.41) is 8.89. The molecule has 6 nitrogen and oxygen atoms in total. The maximum Gasteiger partial charge on any atom is 0.335 e. The molecule has 1 amide bonds. The molecule has 6 heteroatoms. The van der Waals surface area contributed by atoms with Gasteiger partial charge in [0.1, 0.15) is 5.65 Å². The number of aromatic carboxylic acids is 1. The monoisotopic (exact) mass is 295 g/mol. The molecular formula is C16H13N3O3. The molecule has 0 bridgehead atoms. The minimum atomic E-state index is -0.969. The molecule has 0 aliphatic carbocycles. The highest BCUT2D eigenvalue weighted by molar-refractivity contribution is 5.87. The van der Waals surface area contributed by atoms with Crippen molar-refractivity contribution < 1.29 is 14.7 Å². The van der Waals surface area contributed by atoms with Gasteiger partial charge in [0.25, 0.3) is 0 Å². The lowest BCUT2D eigenvalue weighted by molar-refractivity contribution is -0.107. The number of hydrogen-bond acceptors (Lipinski definition) is 3. The Hall–Kier alpha value is -3.15. The summed E-state index contributed by atoms with van der Waals surface area (Å²) in [6.07, 6.45) is 6.10. The van der Waals surface area contributed by atoms with E-state index in [2.05, 4.69) is 4.98 Å². The summed E-state index contributed by atoms with van der Waals surface area (Å²) in [6.45, 7) is 0.361. The van der Waals surface area contributed by atoms with Crippen LogP contribution < -0.4 is 4.90 Å². The molecule has 1 N–H and O–H groups in total. The number of aromatic nitrogens is 2. The van der Waals surface area contributed by atoms with Crippen molar-refractivity contribution in [3.05, 3.63) is 66.1 Å². The second-order valence-corrected chi connectivity index (χ2v) is 4.81. The first-order valence-corrected chi connectivity index (χ1v) is 6.64. The first-order chi connectivity index (χ1) is 10.7. The molecule has 2 heterocycles. The maximum absolute atomic E-state index is 11.4. The average Bonchev–Trinajstić information content (AvgIpc) is 3.00. The molecule has 0 radical (unpaired) electrons. The van der Waals surface area contributed by atoms with Gasteiger partial charge in [0.05, 0.1) is 12.1 Å². The Morgan fingerprint density at radius 3 is 2.68 bits per heavy atom. The molecule has 110 valence electrons. The van der Waals surface area contributed by atoms with Crippen molar-refractivity contribution in [2.24, 2.45) is 0 Å². The lowest BCUT2D eigenvalue weighted by Crippen LogP contribution is -2.20. The van der Waals surface area contributed by atoms with Crippen molar-refractivity contribution in [3.63, 3.8) is 0 Å². The number of carbonyl (C=O) groups is 2. The molecule has 1 aromatic carbocycles. The van der Waals surface area contributed by atoms with Crippen molar-refractivity contribution in [2.45, 2.75) is 6.54 Å². The number of carboxylic acid groups (broad SMARTS) is 1.